The maximum atomic E-state index is 11.6. The fraction of sp³-hybridized carbons (Fsp3) is 0.923. The second-order valence-electron chi connectivity index (χ2n) is 5.95. The molecule has 0 aliphatic heterocycles. The van der Waals surface area contributed by atoms with Crippen LogP contribution in [0, 0.1) is 22.7 Å². The van der Waals surface area contributed by atoms with Gasteiger partial charge < -0.3 is 9.84 Å². The highest BCUT2D eigenvalue weighted by Gasteiger charge is 2.68. The summed E-state index contributed by atoms with van der Waals surface area (Å²) in [6, 6.07) is 0. The van der Waals surface area contributed by atoms with Gasteiger partial charge in [-0.1, -0.05) is 34.6 Å². The summed E-state index contributed by atoms with van der Waals surface area (Å²) in [7, 11) is 1.38. The highest BCUT2D eigenvalue weighted by Crippen LogP contribution is 2.70. The van der Waals surface area contributed by atoms with Crippen LogP contribution in [0.1, 0.15) is 41.0 Å². The molecule has 1 aliphatic rings. The van der Waals surface area contributed by atoms with E-state index < -0.39 is 12.0 Å². The zero-order chi connectivity index (χ0) is 12.7. The predicted molar refractivity (Wildman–Crippen MR) is 62.9 cm³/mol. The van der Waals surface area contributed by atoms with Crippen LogP contribution in [0.2, 0.25) is 0 Å². The highest BCUT2D eigenvalue weighted by atomic mass is 16.5. The molecule has 94 valence electrons. The molecule has 0 aromatic rings. The van der Waals surface area contributed by atoms with Crippen LogP contribution in [0.4, 0.5) is 0 Å². The summed E-state index contributed by atoms with van der Waals surface area (Å²) in [5.74, 6) is -0.520. The van der Waals surface area contributed by atoms with Crippen LogP contribution >= 0.6 is 0 Å². The van der Waals surface area contributed by atoms with Crippen LogP contribution in [0.5, 0.6) is 0 Å². The molecule has 1 saturated carbocycles. The Bertz CT molecular complexity index is 267. The SMILES string of the molecule is CCC(C(=O)OC)C(O)C1C(C)(C)C1(C)C. The van der Waals surface area contributed by atoms with Crippen molar-refractivity contribution in [2.75, 3.05) is 7.11 Å². The maximum Gasteiger partial charge on any atom is 0.311 e. The molecule has 1 N–H and O–H groups in total. The zero-order valence-corrected chi connectivity index (χ0v) is 11.2. The normalized spacial score (nSPS) is 25.9. The molecule has 1 fully saturated rings. The Hall–Kier alpha value is -0.570. The van der Waals surface area contributed by atoms with Crippen molar-refractivity contribution < 1.29 is 14.6 Å². The Labute approximate surface area is 98.2 Å². The second-order valence-corrected chi connectivity index (χ2v) is 5.95. The molecular weight excluding hydrogens is 204 g/mol. The first-order chi connectivity index (χ1) is 7.21. The smallest absolute Gasteiger partial charge is 0.311 e. The van der Waals surface area contributed by atoms with Gasteiger partial charge >= 0.3 is 5.97 Å². The van der Waals surface area contributed by atoms with Crippen molar-refractivity contribution in [2.45, 2.75) is 47.1 Å². The summed E-state index contributed by atoms with van der Waals surface area (Å²) in [5.41, 5.74) is 0.182. The van der Waals surface area contributed by atoms with Crippen LogP contribution in [-0.2, 0) is 9.53 Å². The Kier molecular flexibility index (Phi) is 3.39. The lowest BCUT2D eigenvalue weighted by Crippen LogP contribution is -2.32. The van der Waals surface area contributed by atoms with Crippen molar-refractivity contribution in [3.63, 3.8) is 0 Å². The largest absolute Gasteiger partial charge is 0.469 e. The minimum Gasteiger partial charge on any atom is -0.469 e. The first-order valence-electron chi connectivity index (χ1n) is 5.97. The molecule has 0 heterocycles. The maximum absolute atomic E-state index is 11.6. The summed E-state index contributed by atoms with van der Waals surface area (Å²) in [6.45, 7) is 10.5. The molecule has 2 unspecified atom stereocenters. The van der Waals surface area contributed by atoms with Crippen molar-refractivity contribution in [1.82, 2.24) is 0 Å². The first-order valence-corrected chi connectivity index (χ1v) is 5.97. The summed E-state index contributed by atoms with van der Waals surface area (Å²) in [4.78, 5) is 11.6. The number of aliphatic hydroxyl groups excluding tert-OH is 1. The Morgan fingerprint density at radius 2 is 1.75 bits per heavy atom. The number of esters is 1. The van der Waals surface area contributed by atoms with Gasteiger partial charge in [-0.25, -0.2) is 0 Å². The molecule has 0 aromatic carbocycles. The summed E-state index contributed by atoms with van der Waals surface area (Å²) in [6.07, 6.45) is 0.0266. The molecule has 0 spiro atoms. The summed E-state index contributed by atoms with van der Waals surface area (Å²) < 4.78 is 4.74. The van der Waals surface area contributed by atoms with Crippen LogP contribution in [-0.4, -0.2) is 24.3 Å². The number of ether oxygens (including phenoxy) is 1. The van der Waals surface area contributed by atoms with Gasteiger partial charge in [-0.2, -0.15) is 0 Å². The summed E-state index contributed by atoms with van der Waals surface area (Å²) >= 11 is 0. The van der Waals surface area contributed by atoms with E-state index in [1.54, 1.807) is 0 Å². The third-order valence-electron chi connectivity index (χ3n) is 4.83. The summed E-state index contributed by atoms with van der Waals surface area (Å²) in [5, 5.41) is 10.3. The molecular formula is C13H24O3. The molecule has 0 radical (unpaired) electrons. The number of methoxy groups -OCH3 is 1. The molecule has 1 aliphatic carbocycles. The van der Waals surface area contributed by atoms with E-state index in [4.69, 9.17) is 4.74 Å². The average Bonchev–Trinajstić information content (AvgIpc) is 2.58. The Balaban J connectivity index is 2.79. The number of carbonyl (C=O) groups is 1. The van der Waals surface area contributed by atoms with Gasteiger partial charge in [-0.15, -0.1) is 0 Å². The molecule has 1 rings (SSSR count). The van der Waals surface area contributed by atoms with Crippen LogP contribution in [0.3, 0.4) is 0 Å². The quantitative estimate of drug-likeness (QED) is 0.751. The average molecular weight is 228 g/mol. The number of rotatable bonds is 4. The van der Waals surface area contributed by atoms with E-state index in [2.05, 4.69) is 27.7 Å². The molecule has 0 bridgehead atoms. The Morgan fingerprint density at radius 1 is 1.31 bits per heavy atom. The minimum absolute atomic E-state index is 0.0911. The van der Waals surface area contributed by atoms with Gasteiger partial charge in [0, 0.05) is 0 Å². The number of hydrogen-bond donors (Lipinski definition) is 1. The van der Waals surface area contributed by atoms with E-state index in [1.807, 2.05) is 6.92 Å². The van der Waals surface area contributed by atoms with Crippen LogP contribution in [0.25, 0.3) is 0 Å². The van der Waals surface area contributed by atoms with Crippen LogP contribution < -0.4 is 0 Å². The molecule has 0 saturated heterocycles. The molecule has 0 amide bonds. The first kappa shape index (κ1) is 13.5. The fourth-order valence-electron chi connectivity index (χ4n) is 3.03. The lowest BCUT2D eigenvalue weighted by atomic mass is 9.92. The van der Waals surface area contributed by atoms with Crippen molar-refractivity contribution in [1.29, 1.82) is 0 Å². The molecule has 2 atom stereocenters. The van der Waals surface area contributed by atoms with Gasteiger partial charge in [0.15, 0.2) is 0 Å². The third kappa shape index (κ3) is 1.75. The number of carbonyl (C=O) groups excluding carboxylic acids is 1. The third-order valence-corrected chi connectivity index (χ3v) is 4.83. The molecule has 16 heavy (non-hydrogen) atoms. The van der Waals surface area contributed by atoms with E-state index in [9.17, 15) is 9.90 Å². The van der Waals surface area contributed by atoms with Crippen molar-refractivity contribution in [2.24, 2.45) is 22.7 Å². The fourth-order valence-corrected chi connectivity index (χ4v) is 3.03. The van der Waals surface area contributed by atoms with E-state index in [0.29, 0.717) is 6.42 Å². The van der Waals surface area contributed by atoms with Crippen molar-refractivity contribution in [3.8, 4) is 0 Å². The Morgan fingerprint density at radius 3 is 2.00 bits per heavy atom. The number of hydrogen-bond acceptors (Lipinski definition) is 3. The van der Waals surface area contributed by atoms with E-state index >= 15 is 0 Å². The lowest BCUT2D eigenvalue weighted by Gasteiger charge is -2.21. The van der Waals surface area contributed by atoms with Gasteiger partial charge in [-0.3, -0.25) is 4.79 Å². The molecule has 3 heteroatoms. The zero-order valence-electron chi connectivity index (χ0n) is 11.2. The van der Waals surface area contributed by atoms with Crippen LogP contribution in [0.15, 0.2) is 0 Å². The van der Waals surface area contributed by atoms with Crippen molar-refractivity contribution >= 4 is 5.97 Å². The van der Waals surface area contributed by atoms with Gasteiger partial charge in [0.2, 0.25) is 0 Å². The van der Waals surface area contributed by atoms with E-state index in [-0.39, 0.29) is 22.7 Å². The topological polar surface area (TPSA) is 46.5 Å². The standard InChI is InChI=1S/C13H24O3/c1-7-8(11(15)16-6)9(14)10-12(2,3)13(10,4)5/h8-10,14H,7H2,1-6H3. The van der Waals surface area contributed by atoms with E-state index in [1.165, 1.54) is 7.11 Å². The number of aliphatic hydroxyl groups is 1. The van der Waals surface area contributed by atoms with Gasteiger partial charge in [0.1, 0.15) is 0 Å². The minimum atomic E-state index is -0.595. The second kappa shape index (κ2) is 4.02. The highest BCUT2D eigenvalue weighted by molar-refractivity contribution is 5.73. The van der Waals surface area contributed by atoms with E-state index in [0.717, 1.165) is 0 Å². The van der Waals surface area contributed by atoms with Crippen molar-refractivity contribution in [3.05, 3.63) is 0 Å². The molecule has 3 nitrogen and oxygen atoms in total. The molecule has 0 aromatic heterocycles. The lowest BCUT2D eigenvalue weighted by molar-refractivity contribution is -0.150. The van der Waals surface area contributed by atoms with Gasteiger partial charge in [0.05, 0.1) is 19.1 Å². The van der Waals surface area contributed by atoms with Gasteiger partial charge in [-0.05, 0) is 23.2 Å². The predicted octanol–water partition coefficient (Wildman–Crippen LogP) is 2.23. The van der Waals surface area contributed by atoms with Gasteiger partial charge in [0.25, 0.3) is 0 Å². The monoisotopic (exact) mass is 228 g/mol.